The lowest BCUT2D eigenvalue weighted by atomic mass is 9.93. The van der Waals surface area contributed by atoms with Gasteiger partial charge in [0.1, 0.15) is 0 Å². The average Bonchev–Trinajstić information content (AvgIpc) is 3.35. The number of likely N-dealkylation sites (N-methyl/N-ethyl adjacent to an activating group) is 1. The lowest BCUT2D eigenvalue weighted by Gasteiger charge is -2.32. The Morgan fingerprint density at radius 1 is 1.18 bits per heavy atom. The molecular formula is C21H42IN5O. The molecule has 1 aliphatic carbocycles. The van der Waals surface area contributed by atoms with Crippen molar-refractivity contribution >= 4 is 35.8 Å². The van der Waals surface area contributed by atoms with Crippen LogP contribution in [-0.2, 0) is 4.79 Å². The zero-order valence-electron chi connectivity index (χ0n) is 18.5. The Kier molecular flexibility index (Phi) is 11.7. The molecule has 2 N–H and O–H groups in total. The molecule has 1 amide bonds. The fraction of sp³-hybridized carbons (Fsp3) is 0.905. The Morgan fingerprint density at radius 2 is 1.82 bits per heavy atom. The Balaban J connectivity index is 0.00000392. The Bertz CT molecular complexity index is 489. The first kappa shape index (κ1) is 25.5. The molecule has 1 saturated carbocycles. The van der Waals surface area contributed by atoms with Gasteiger partial charge in [0.05, 0.1) is 0 Å². The van der Waals surface area contributed by atoms with Crippen LogP contribution in [0.4, 0.5) is 0 Å². The molecule has 2 fully saturated rings. The normalized spacial score (nSPS) is 21.9. The maximum absolute atomic E-state index is 12.6. The summed E-state index contributed by atoms with van der Waals surface area (Å²) in [7, 11) is 6.14. The van der Waals surface area contributed by atoms with Gasteiger partial charge in [-0.3, -0.25) is 9.79 Å². The molecule has 0 aromatic heterocycles. The van der Waals surface area contributed by atoms with Crippen molar-refractivity contribution in [3.8, 4) is 0 Å². The molecule has 7 heteroatoms. The summed E-state index contributed by atoms with van der Waals surface area (Å²) in [5, 5.41) is 7.06. The number of aliphatic imine (C=N–C) groups is 1. The second-order valence-electron chi connectivity index (χ2n) is 8.46. The number of halogens is 1. The van der Waals surface area contributed by atoms with Gasteiger partial charge in [0.25, 0.3) is 0 Å². The maximum Gasteiger partial charge on any atom is 0.225 e. The van der Waals surface area contributed by atoms with Crippen LogP contribution in [0.1, 0.15) is 58.8 Å². The molecule has 2 atom stereocenters. The Labute approximate surface area is 189 Å². The van der Waals surface area contributed by atoms with Gasteiger partial charge < -0.3 is 20.4 Å². The van der Waals surface area contributed by atoms with Gasteiger partial charge in [-0.15, -0.1) is 24.0 Å². The lowest BCUT2D eigenvalue weighted by molar-refractivity contribution is -0.134. The van der Waals surface area contributed by atoms with Crippen LogP contribution in [0.2, 0.25) is 0 Å². The van der Waals surface area contributed by atoms with Crippen LogP contribution < -0.4 is 10.6 Å². The second kappa shape index (κ2) is 12.9. The minimum Gasteiger partial charge on any atom is -0.355 e. The zero-order chi connectivity index (χ0) is 19.8. The topological polar surface area (TPSA) is 60.0 Å². The van der Waals surface area contributed by atoms with Crippen LogP contribution in [0.3, 0.4) is 0 Å². The van der Waals surface area contributed by atoms with Crippen LogP contribution >= 0.6 is 24.0 Å². The standard InChI is InChI=1S/C21H41N5O.HI/c1-6-16(7-2)19(25(4)5)14-23-21(22-3)24-18-12-13-26(15-18)20(27)17-10-8-9-11-17;/h16-19H,6-15H2,1-5H3,(H2,22,23,24);1H. The van der Waals surface area contributed by atoms with Crippen molar-refractivity contribution in [2.75, 3.05) is 40.8 Å². The molecular weight excluding hydrogens is 465 g/mol. The van der Waals surface area contributed by atoms with E-state index in [4.69, 9.17) is 0 Å². The summed E-state index contributed by atoms with van der Waals surface area (Å²) in [5.74, 6) is 2.19. The first-order chi connectivity index (χ1) is 13.0. The third-order valence-electron chi connectivity index (χ3n) is 6.50. The fourth-order valence-electron chi connectivity index (χ4n) is 4.70. The maximum atomic E-state index is 12.6. The van der Waals surface area contributed by atoms with Gasteiger partial charge in [0.15, 0.2) is 5.96 Å². The van der Waals surface area contributed by atoms with E-state index in [0.29, 0.717) is 23.9 Å². The molecule has 164 valence electrons. The molecule has 2 unspecified atom stereocenters. The molecule has 1 saturated heterocycles. The highest BCUT2D eigenvalue weighted by Gasteiger charge is 2.32. The number of nitrogens with one attached hydrogen (secondary N) is 2. The van der Waals surface area contributed by atoms with Crippen molar-refractivity contribution in [2.45, 2.75) is 70.9 Å². The summed E-state index contributed by atoms with van der Waals surface area (Å²) in [4.78, 5) is 21.4. The lowest BCUT2D eigenvalue weighted by Crippen LogP contribution is -2.50. The largest absolute Gasteiger partial charge is 0.355 e. The van der Waals surface area contributed by atoms with Gasteiger partial charge in [0, 0.05) is 44.7 Å². The third kappa shape index (κ3) is 7.04. The van der Waals surface area contributed by atoms with E-state index in [1.807, 2.05) is 7.05 Å². The van der Waals surface area contributed by atoms with Crippen molar-refractivity contribution in [2.24, 2.45) is 16.8 Å². The minimum atomic E-state index is 0. The molecule has 0 spiro atoms. The summed E-state index contributed by atoms with van der Waals surface area (Å²) in [5.41, 5.74) is 0. The van der Waals surface area contributed by atoms with Gasteiger partial charge in [-0.2, -0.15) is 0 Å². The highest BCUT2D eigenvalue weighted by molar-refractivity contribution is 14.0. The van der Waals surface area contributed by atoms with Crippen molar-refractivity contribution in [3.63, 3.8) is 0 Å². The Hall–Kier alpha value is -0.570. The first-order valence-electron chi connectivity index (χ1n) is 10.9. The molecule has 1 heterocycles. The summed E-state index contributed by atoms with van der Waals surface area (Å²) in [6.07, 6.45) is 7.97. The van der Waals surface area contributed by atoms with E-state index in [0.717, 1.165) is 44.9 Å². The van der Waals surface area contributed by atoms with Gasteiger partial charge >= 0.3 is 0 Å². The number of hydrogen-bond acceptors (Lipinski definition) is 3. The Morgan fingerprint density at radius 3 is 2.36 bits per heavy atom. The second-order valence-corrected chi connectivity index (χ2v) is 8.46. The number of carbonyl (C=O) groups is 1. The van der Waals surface area contributed by atoms with Crippen molar-refractivity contribution in [3.05, 3.63) is 0 Å². The molecule has 1 aliphatic heterocycles. The summed E-state index contributed by atoms with van der Waals surface area (Å²) in [6.45, 7) is 7.10. The SMILES string of the molecule is CCC(CC)C(CNC(=NC)NC1CCN(C(=O)C2CCCC2)C1)N(C)C.I. The van der Waals surface area contributed by atoms with E-state index in [1.165, 1.54) is 25.7 Å². The van der Waals surface area contributed by atoms with Crippen LogP contribution in [0, 0.1) is 11.8 Å². The van der Waals surface area contributed by atoms with E-state index >= 15 is 0 Å². The quantitative estimate of drug-likeness (QED) is 0.302. The molecule has 0 aromatic carbocycles. The molecule has 0 radical (unpaired) electrons. The number of hydrogen-bond donors (Lipinski definition) is 2. The third-order valence-corrected chi connectivity index (χ3v) is 6.50. The van der Waals surface area contributed by atoms with Crippen molar-refractivity contribution < 1.29 is 4.79 Å². The predicted octanol–water partition coefficient (Wildman–Crippen LogP) is 2.93. The smallest absolute Gasteiger partial charge is 0.225 e. The van der Waals surface area contributed by atoms with E-state index in [2.05, 4.69) is 53.4 Å². The number of guanidine groups is 1. The predicted molar refractivity (Wildman–Crippen MR) is 128 cm³/mol. The van der Waals surface area contributed by atoms with Crippen molar-refractivity contribution in [1.82, 2.24) is 20.4 Å². The fourth-order valence-corrected chi connectivity index (χ4v) is 4.70. The van der Waals surface area contributed by atoms with E-state index in [1.54, 1.807) is 0 Å². The first-order valence-corrected chi connectivity index (χ1v) is 10.9. The zero-order valence-corrected chi connectivity index (χ0v) is 20.9. The highest BCUT2D eigenvalue weighted by atomic mass is 127. The number of amides is 1. The number of nitrogens with zero attached hydrogens (tertiary/aromatic N) is 3. The van der Waals surface area contributed by atoms with Gasteiger partial charge in [-0.1, -0.05) is 39.5 Å². The highest BCUT2D eigenvalue weighted by Crippen LogP contribution is 2.27. The van der Waals surface area contributed by atoms with Crippen LogP contribution in [0.15, 0.2) is 4.99 Å². The minimum absolute atomic E-state index is 0. The molecule has 2 aliphatic rings. The van der Waals surface area contributed by atoms with Crippen LogP contribution in [0.25, 0.3) is 0 Å². The molecule has 0 aromatic rings. The molecule has 0 bridgehead atoms. The summed E-state index contributed by atoms with van der Waals surface area (Å²) in [6, 6.07) is 0.787. The van der Waals surface area contributed by atoms with Crippen molar-refractivity contribution in [1.29, 1.82) is 0 Å². The van der Waals surface area contributed by atoms with Gasteiger partial charge in [-0.05, 0) is 39.3 Å². The van der Waals surface area contributed by atoms with E-state index in [-0.39, 0.29) is 29.9 Å². The van der Waals surface area contributed by atoms with Gasteiger partial charge in [0.2, 0.25) is 5.91 Å². The summed E-state index contributed by atoms with van der Waals surface area (Å²) >= 11 is 0. The summed E-state index contributed by atoms with van der Waals surface area (Å²) < 4.78 is 0. The number of carbonyl (C=O) groups excluding carboxylic acids is 1. The van der Waals surface area contributed by atoms with E-state index < -0.39 is 0 Å². The number of likely N-dealkylation sites (tertiary alicyclic amines) is 1. The number of rotatable bonds is 8. The molecule has 6 nitrogen and oxygen atoms in total. The average molecular weight is 508 g/mol. The molecule has 2 rings (SSSR count). The van der Waals surface area contributed by atoms with Crippen LogP contribution in [-0.4, -0.2) is 74.5 Å². The van der Waals surface area contributed by atoms with Gasteiger partial charge in [-0.25, -0.2) is 0 Å². The van der Waals surface area contributed by atoms with E-state index in [9.17, 15) is 4.79 Å². The van der Waals surface area contributed by atoms with Crippen LogP contribution in [0.5, 0.6) is 0 Å². The monoisotopic (exact) mass is 507 g/mol. The molecule has 28 heavy (non-hydrogen) atoms.